The van der Waals surface area contributed by atoms with Crippen LogP contribution in [0.5, 0.6) is 0 Å². The van der Waals surface area contributed by atoms with Crippen molar-refractivity contribution in [2.45, 2.75) is 45.8 Å². The van der Waals surface area contributed by atoms with Crippen molar-refractivity contribution in [2.24, 2.45) is 5.92 Å². The van der Waals surface area contributed by atoms with E-state index in [1.54, 1.807) is 18.0 Å². The van der Waals surface area contributed by atoms with Crippen molar-refractivity contribution in [2.75, 3.05) is 20.1 Å². The number of hydrogen-bond acceptors (Lipinski definition) is 3. The summed E-state index contributed by atoms with van der Waals surface area (Å²) in [5, 5.41) is 0.295. The first kappa shape index (κ1) is 20.5. The molecule has 0 radical (unpaired) electrons. The number of amides is 2. The number of halogens is 2. The molecule has 0 aromatic heterocycles. The molecule has 0 aliphatic carbocycles. The van der Waals surface area contributed by atoms with E-state index in [9.17, 15) is 14.0 Å². The molecule has 0 N–H and O–H groups in total. The highest BCUT2D eigenvalue weighted by molar-refractivity contribution is 6.31. The fourth-order valence-electron chi connectivity index (χ4n) is 2.98. The minimum absolute atomic E-state index is 0.0906. The Labute approximate surface area is 159 Å². The van der Waals surface area contributed by atoms with E-state index in [-0.39, 0.29) is 18.4 Å². The topological polar surface area (TPSA) is 49.9 Å². The second kappa shape index (κ2) is 8.25. The summed E-state index contributed by atoms with van der Waals surface area (Å²) in [5.74, 6) is -0.888. The Morgan fingerprint density at radius 2 is 2.08 bits per heavy atom. The maximum Gasteiger partial charge on any atom is 0.410 e. The lowest BCUT2D eigenvalue weighted by atomic mass is 9.96. The van der Waals surface area contributed by atoms with Crippen LogP contribution in [-0.4, -0.2) is 47.5 Å². The Kier molecular flexibility index (Phi) is 6.50. The molecule has 7 heteroatoms. The summed E-state index contributed by atoms with van der Waals surface area (Å²) >= 11 is 6.04. The second-order valence-electron chi connectivity index (χ2n) is 7.66. The molecule has 144 valence electrons. The minimum atomic E-state index is -0.577. The zero-order chi connectivity index (χ0) is 19.5. The molecule has 0 bridgehead atoms. The van der Waals surface area contributed by atoms with Gasteiger partial charge >= 0.3 is 6.09 Å². The summed E-state index contributed by atoms with van der Waals surface area (Å²) in [5.41, 5.74) is -0.281. The minimum Gasteiger partial charge on any atom is -0.444 e. The summed E-state index contributed by atoms with van der Waals surface area (Å²) in [6.45, 7) is 6.40. The van der Waals surface area contributed by atoms with Crippen LogP contribution in [0, 0.1) is 11.7 Å². The number of carbonyl (C=O) groups excluding carboxylic acids is 2. The van der Waals surface area contributed by atoms with Gasteiger partial charge in [0.2, 0.25) is 5.91 Å². The summed E-state index contributed by atoms with van der Waals surface area (Å²) in [4.78, 5) is 28.0. The first-order valence-corrected chi connectivity index (χ1v) is 9.12. The monoisotopic (exact) mass is 384 g/mol. The van der Waals surface area contributed by atoms with Gasteiger partial charge in [-0.15, -0.1) is 0 Å². The number of rotatable bonds is 3. The first-order valence-electron chi connectivity index (χ1n) is 8.74. The molecule has 1 fully saturated rings. The maximum atomic E-state index is 14.0. The number of benzene rings is 1. The molecule has 1 aliphatic heterocycles. The van der Waals surface area contributed by atoms with Gasteiger partial charge in [-0.25, -0.2) is 9.18 Å². The molecule has 2 amide bonds. The SMILES string of the molecule is CN(Cc1c(F)cccc1Cl)C(=O)[C@@H]1CCCN(C(=O)OC(C)(C)C)C1. The third-order valence-electron chi connectivity index (χ3n) is 4.26. The van der Waals surface area contributed by atoms with Gasteiger partial charge in [-0.05, 0) is 45.7 Å². The smallest absolute Gasteiger partial charge is 0.410 e. The maximum absolute atomic E-state index is 14.0. The lowest BCUT2D eigenvalue weighted by Gasteiger charge is -2.35. The fourth-order valence-corrected chi connectivity index (χ4v) is 3.20. The van der Waals surface area contributed by atoms with E-state index < -0.39 is 17.5 Å². The van der Waals surface area contributed by atoms with Gasteiger partial charge in [-0.1, -0.05) is 17.7 Å². The van der Waals surface area contributed by atoms with Crippen LogP contribution >= 0.6 is 11.6 Å². The van der Waals surface area contributed by atoms with Crippen LogP contribution in [0.2, 0.25) is 5.02 Å². The third kappa shape index (κ3) is 5.34. The van der Waals surface area contributed by atoms with E-state index in [1.807, 2.05) is 20.8 Å². The molecule has 1 aromatic rings. The van der Waals surface area contributed by atoms with E-state index in [0.29, 0.717) is 30.1 Å². The highest BCUT2D eigenvalue weighted by Crippen LogP contribution is 2.24. The molecule has 5 nitrogen and oxygen atoms in total. The van der Waals surface area contributed by atoms with E-state index in [4.69, 9.17) is 16.3 Å². The number of nitrogens with zero attached hydrogens (tertiary/aromatic N) is 2. The molecule has 0 saturated carbocycles. The van der Waals surface area contributed by atoms with Crippen molar-refractivity contribution in [1.29, 1.82) is 0 Å². The summed E-state index contributed by atoms with van der Waals surface area (Å²) in [6, 6.07) is 4.45. The average Bonchev–Trinajstić information content (AvgIpc) is 2.56. The number of carbonyl (C=O) groups is 2. The van der Waals surface area contributed by atoms with Gasteiger partial charge in [0.15, 0.2) is 0 Å². The normalized spacial score (nSPS) is 17.8. The molecule has 2 rings (SSSR count). The van der Waals surface area contributed by atoms with Gasteiger partial charge in [0.25, 0.3) is 0 Å². The van der Waals surface area contributed by atoms with Crippen LogP contribution in [0.4, 0.5) is 9.18 Å². The van der Waals surface area contributed by atoms with Crippen LogP contribution in [0.1, 0.15) is 39.2 Å². The van der Waals surface area contributed by atoms with E-state index in [2.05, 4.69) is 0 Å². The highest BCUT2D eigenvalue weighted by atomic mass is 35.5. The molecule has 1 aromatic carbocycles. The number of hydrogen-bond donors (Lipinski definition) is 0. The average molecular weight is 385 g/mol. The van der Waals surface area contributed by atoms with Gasteiger partial charge < -0.3 is 14.5 Å². The lowest BCUT2D eigenvalue weighted by Crippen LogP contribution is -2.47. The lowest BCUT2D eigenvalue weighted by molar-refractivity contribution is -0.136. The van der Waals surface area contributed by atoms with Crippen molar-refractivity contribution in [3.05, 3.63) is 34.6 Å². The van der Waals surface area contributed by atoms with Gasteiger partial charge in [0.1, 0.15) is 11.4 Å². The van der Waals surface area contributed by atoms with E-state index >= 15 is 0 Å². The first-order chi connectivity index (χ1) is 12.1. The van der Waals surface area contributed by atoms with Crippen LogP contribution in [0.25, 0.3) is 0 Å². The molecule has 1 atom stereocenters. The van der Waals surface area contributed by atoms with Crippen LogP contribution in [-0.2, 0) is 16.1 Å². The van der Waals surface area contributed by atoms with Gasteiger partial charge in [-0.3, -0.25) is 4.79 Å². The van der Waals surface area contributed by atoms with Crippen LogP contribution in [0.15, 0.2) is 18.2 Å². The molecule has 1 saturated heterocycles. The Balaban J connectivity index is 2.01. The molecular formula is C19H26ClFN2O3. The van der Waals surface area contributed by atoms with Crippen molar-refractivity contribution in [3.8, 4) is 0 Å². The molecular weight excluding hydrogens is 359 g/mol. The quantitative estimate of drug-likeness (QED) is 0.788. The molecule has 0 spiro atoms. The third-order valence-corrected chi connectivity index (χ3v) is 4.61. The number of likely N-dealkylation sites (tertiary alicyclic amines) is 1. The van der Waals surface area contributed by atoms with Gasteiger partial charge in [0.05, 0.1) is 5.92 Å². The Bertz CT molecular complexity index is 655. The molecule has 1 heterocycles. The van der Waals surface area contributed by atoms with Crippen molar-refractivity contribution in [1.82, 2.24) is 9.80 Å². The van der Waals surface area contributed by atoms with E-state index in [0.717, 1.165) is 6.42 Å². The number of ether oxygens (including phenoxy) is 1. The Morgan fingerprint density at radius 3 is 2.69 bits per heavy atom. The van der Waals surface area contributed by atoms with Gasteiger partial charge in [-0.2, -0.15) is 0 Å². The van der Waals surface area contributed by atoms with Crippen molar-refractivity contribution in [3.63, 3.8) is 0 Å². The molecule has 0 unspecified atom stereocenters. The van der Waals surface area contributed by atoms with Crippen LogP contribution < -0.4 is 0 Å². The summed E-state index contributed by atoms with van der Waals surface area (Å²) < 4.78 is 19.3. The van der Waals surface area contributed by atoms with Gasteiger partial charge in [0, 0.05) is 37.3 Å². The molecule has 26 heavy (non-hydrogen) atoms. The summed E-state index contributed by atoms with van der Waals surface area (Å²) in [6.07, 6.45) is 1.01. The Morgan fingerprint density at radius 1 is 1.38 bits per heavy atom. The highest BCUT2D eigenvalue weighted by Gasteiger charge is 2.32. The predicted octanol–water partition coefficient (Wildman–Crippen LogP) is 4.08. The van der Waals surface area contributed by atoms with Crippen molar-refractivity contribution >= 4 is 23.6 Å². The summed E-state index contributed by atoms with van der Waals surface area (Å²) in [7, 11) is 1.62. The standard InChI is InChI=1S/C19H26ClFN2O3/c1-19(2,3)26-18(25)23-10-6-7-13(11-23)17(24)22(4)12-14-15(20)8-5-9-16(14)21/h5,8-9,13H,6-7,10-12H2,1-4H3/t13-/m1/s1. The van der Waals surface area contributed by atoms with Crippen molar-refractivity contribution < 1.29 is 18.7 Å². The fraction of sp³-hybridized carbons (Fsp3) is 0.579. The zero-order valence-electron chi connectivity index (χ0n) is 15.7. The van der Waals surface area contributed by atoms with E-state index in [1.165, 1.54) is 17.0 Å². The Hall–Kier alpha value is -1.82. The molecule has 1 aliphatic rings. The van der Waals surface area contributed by atoms with Crippen LogP contribution in [0.3, 0.4) is 0 Å². The number of piperidine rings is 1. The zero-order valence-corrected chi connectivity index (χ0v) is 16.5. The largest absolute Gasteiger partial charge is 0.444 e. The predicted molar refractivity (Wildman–Crippen MR) is 98.4 cm³/mol. The second-order valence-corrected chi connectivity index (χ2v) is 8.07.